The number of phenolic OH excluding ortho intramolecular Hbond substituents is 1. The van der Waals surface area contributed by atoms with E-state index in [-0.39, 0.29) is 39.0 Å². The van der Waals surface area contributed by atoms with Gasteiger partial charge in [0.2, 0.25) is 17.2 Å². The van der Waals surface area contributed by atoms with Crippen LogP contribution in [-0.4, -0.2) is 98.6 Å². The van der Waals surface area contributed by atoms with Crippen molar-refractivity contribution in [1.29, 1.82) is 0 Å². The molecule has 0 saturated carbocycles. The highest BCUT2D eigenvalue weighted by Gasteiger charge is 2.25. The summed E-state index contributed by atoms with van der Waals surface area (Å²) in [6.07, 6.45) is 0. The molecule has 0 saturated heterocycles. The molecule has 0 atom stereocenters. The molecule has 0 fully saturated rings. The van der Waals surface area contributed by atoms with Crippen LogP contribution in [0.1, 0.15) is 10.4 Å². The van der Waals surface area contributed by atoms with Crippen LogP contribution in [0, 0.1) is 0 Å². The third-order valence-corrected chi connectivity index (χ3v) is 13.5. The maximum atomic E-state index is 13.0. The summed E-state index contributed by atoms with van der Waals surface area (Å²) in [6.45, 7) is -0.850. The second-order valence-corrected chi connectivity index (χ2v) is 20.9. The zero-order valence-corrected chi connectivity index (χ0v) is 37.2. The van der Waals surface area contributed by atoms with Gasteiger partial charge in [-0.3, -0.25) is 23.0 Å². The number of nitrogens with two attached hydrogens (primary N) is 1. The van der Waals surface area contributed by atoms with Crippen molar-refractivity contribution in [3.05, 3.63) is 95.8 Å². The summed E-state index contributed by atoms with van der Waals surface area (Å²) in [6, 6.07) is 15.7. The summed E-state index contributed by atoms with van der Waals surface area (Å²) in [7, 11) is -24.1. The van der Waals surface area contributed by atoms with Crippen LogP contribution in [0.5, 0.6) is 5.75 Å². The molecule has 1 heterocycles. The molecular weight excluding hydrogens is 1000 g/mol. The van der Waals surface area contributed by atoms with Gasteiger partial charge in [-0.1, -0.05) is 6.07 Å². The van der Waals surface area contributed by atoms with E-state index in [0.717, 1.165) is 24.3 Å². The van der Waals surface area contributed by atoms with Crippen LogP contribution in [0.2, 0.25) is 5.28 Å². The van der Waals surface area contributed by atoms with Crippen LogP contribution in [0.25, 0.3) is 10.8 Å². The first-order valence-corrected chi connectivity index (χ1v) is 25.2. The summed E-state index contributed by atoms with van der Waals surface area (Å²) in [4.78, 5) is 22.1. The normalized spacial score (nSPS) is 12.6. The predicted octanol–water partition coefficient (Wildman–Crippen LogP) is 4.45. The molecule has 0 radical (unpaired) electrons. The van der Waals surface area contributed by atoms with E-state index in [0.29, 0.717) is 23.9 Å². The average molecular weight is 1030 g/mol. The van der Waals surface area contributed by atoms with Crippen molar-refractivity contribution in [2.24, 2.45) is 10.2 Å². The second-order valence-electron chi connectivity index (χ2n) is 13.1. The van der Waals surface area contributed by atoms with Crippen LogP contribution >= 0.6 is 11.6 Å². The van der Waals surface area contributed by atoms with Crippen LogP contribution in [0.15, 0.2) is 115 Å². The van der Waals surface area contributed by atoms with Crippen molar-refractivity contribution in [1.82, 2.24) is 15.0 Å². The number of benzene rings is 5. The second kappa shape index (κ2) is 18.4. The first-order valence-electron chi connectivity index (χ1n) is 17.5. The number of nitrogens with zero attached hydrogens (tertiary/aromatic N) is 5. The Labute approximate surface area is 377 Å². The molecule has 0 spiro atoms. The molecule has 0 aliphatic carbocycles. The fourth-order valence-corrected chi connectivity index (χ4v) is 9.17. The van der Waals surface area contributed by atoms with Crippen molar-refractivity contribution in [3.63, 3.8) is 0 Å². The number of phenols is 1. The molecule has 0 aliphatic heterocycles. The highest BCUT2D eigenvalue weighted by atomic mass is 35.5. The third kappa shape index (κ3) is 12.0. The number of carbonyl (C=O) groups is 1. The Morgan fingerprint density at radius 2 is 1.30 bits per heavy atom. The number of sulfone groups is 1. The summed E-state index contributed by atoms with van der Waals surface area (Å²) in [5.74, 6) is -2.80. The number of anilines is 6. The van der Waals surface area contributed by atoms with Crippen molar-refractivity contribution in [2.75, 3.05) is 34.0 Å². The summed E-state index contributed by atoms with van der Waals surface area (Å²) < 4.78 is 161. The number of aromatic nitrogens is 3. The maximum Gasteiger partial charge on any atom is 0.397 e. The standard InChI is InChI=1S/C34H28ClN9O17S5/c35-32-40-33(38-19-6-4-17(5-7-19)31(46)37-20-2-1-3-22(14-20)62(47,48)11-10-61-66(58,59)60)42-34(41-32)39-21-8-9-26(64(52,53)54)24(15-21)43-44-30-28-18(13-27(29(30)36)65(55,56)57)12-23(16-25(28)45)63(49,50)51/h1-9,12-16,45H,10-11,36H2,(H,37,46)(H,49,50,51)(H,52,53,54)(H,55,56,57)(H,58,59,60)(H2,38,39,40,41,42). The number of carbonyl (C=O) groups excluding carboxylic acids is 1. The summed E-state index contributed by atoms with van der Waals surface area (Å²) >= 11 is 6.14. The fourth-order valence-electron chi connectivity index (χ4n) is 5.69. The van der Waals surface area contributed by atoms with Crippen molar-refractivity contribution in [2.45, 2.75) is 19.6 Å². The fraction of sp³-hybridized carbons (Fsp3) is 0.0588. The molecule has 0 aliphatic rings. The van der Waals surface area contributed by atoms with E-state index in [1.807, 2.05) is 0 Å². The van der Waals surface area contributed by atoms with Crippen molar-refractivity contribution >= 4 is 125 Å². The van der Waals surface area contributed by atoms with E-state index >= 15 is 0 Å². The molecule has 10 N–H and O–H groups in total. The smallest absolute Gasteiger partial charge is 0.397 e. The number of halogens is 1. The molecule has 66 heavy (non-hydrogen) atoms. The molecular formula is C34H28ClN9O17S5. The number of nitrogens with one attached hydrogen (secondary N) is 3. The van der Waals surface area contributed by atoms with Gasteiger partial charge < -0.3 is 26.8 Å². The van der Waals surface area contributed by atoms with E-state index < -0.39 is 117 Å². The molecule has 6 aromatic rings. The number of amides is 1. The quantitative estimate of drug-likeness (QED) is 0.0367. The first-order chi connectivity index (χ1) is 30.6. The Kier molecular flexibility index (Phi) is 13.6. The minimum atomic E-state index is -5.17. The minimum absolute atomic E-state index is 0.0422. The van der Waals surface area contributed by atoms with Crippen molar-refractivity contribution < 1.29 is 74.4 Å². The van der Waals surface area contributed by atoms with E-state index in [4.69, 9.17) is 21.9 Å². The van der Waals surface area contributed by atoms with Gasteiger partial charge in [0.15, 0.2) is 9.84 Å². The number of aromatic hydroxyl groups is 1. The van der Waals surface area contributed by atoms with Gasteiger partial charge in [-0.05, 0) is 89.8 Å². The molecule has 6 rings (SSSR count). The Bertz CT molecular complexity index is 3570. The van der Waals surface area contributed by atoms with Gasteiger partial charge in [-0.25, -0.2) is 12.6 Å². The van der Waals surface area contributed by atoms with Crippen LogP contribution in [0.3, 0.4) is 0 Å². The maximum absolute atomic E-state index is 13.0. The van der Waals surface area contributed by atoms with Gasteiger partial charge in [0.25, 0.3) is 36.3 Å². The highest BCUT2D eigenvalue weighted by Crippen LogP contribution is 2.44. The number of rotatable bonds is 16. The SMILES string of the molecule is Nc1c(S(=O)(=O)O)cc2cc(S(=O)(=O)O)cc(O)c2c1N=Nc1cc(Nc2nc(Cl)nc(Nc3ccc(C(=O)Nc4cccc(S(=O)(=O)CCOS(=O)(=O)O)c4)cc3)n2)ccc1S(=O)(=O)O. The van der Waals surface area contributed by atoms with Gasteiger partial charge in [0.05, 0.1) is 33.2 Å². The monoisotopic (exact) mass is 1030 g/mol. The number of azo groups is 1. The third-order valence-electron chi connectivity index (χ3n) is 8.54. The zero-order chi connectivity index (χ0) is 48.6. The number of nitrogen functional groups attached to an aromatic ring is 1. The van der Waals surface area contributed by atoms with Crippen molar-refractivity contribution in [3.8, 4) is 5.75 Å². The Hall–Kier alpha value is -6.52. The van der Waals surface area contributed by atoms with E-state index in [2.05, 4.69) is 45.3 Å². The van der Waals surface area contributed by atoms with E-state index in [9.17, 15) is 65.6 Å². The van der Waals surface area contributed by atoms with Gasteiger partial charge in [-0.15, -0.1) is 10.2 Å². The van der Waals surface area contributed by atoms with Crippen LogP contribution < -0.4 is 21.7 Å². The number of hydrogen-bond acceptors (Lipinski definition) is 21. The Morgan fingerprint density at radius 1 is 0.682 bits per heavy atom. The summed E-state index contributed by atoms with van der Waals surface area (Å²) in [5, 5.41) is 25.1. The summed E-state index contributed by atoms with van der Waals surface area (Å²) in [5.41, 5.74) is 4.21. The lowest BCUT2D eigenvalue weighted by Crippen LogP contribution is -2.16. The largest absolute Gasteiger partial charge is 0.507 e. The molecule has 1 aromatic heterocycles. The molecule has 32 heteroatoms. The number of fused-ring (bicyclic) bond motifs is 1. The van der Waals surface area contributed by atoms with Gasteiger partial charge >= 0.3 is 10.4 Å². The molecule has 0 unspecified atom stereocenters. The van der Waals surface area contributed by atoms with Crippen LogP contribution in [0.4, 0.5) is 46.0 Å². The lowest BCUT2D eigenvalue weighted by Gasteiger charge is -2.12. The van der Waals surface area contributed by atoms with Gasteiger partial charge in [0.1, 0.15) is 26.9 Å². The molecule has 348 valence electrons. The molecule has 0 bridgehead atoms. The predicted molar refractivity (Wildman–Crippen MR) is 232 cm³/mol. The van der Waals surface area contributed by atoms with E-state index in [1.165, 1.54) is 42.5 Å². The number of hydrogen-bond donors (Lipinski definition) is 9. The Balaban J connectivity index is 1.23. The minimum Gasteiger partial charge on any atom is -0.507 e. The van der Waals surface area contributed by atoms with Gasteiger partial charge in [-0.2, -0.15) is 48.6 Å². The first kappa shape index (κ1) is 48.9. The van der Waals surface area contributed by atoms with E-state index in [1.54, 1.807) is 0 Å². The lowest BCUT2D eigenvalue weighted by molar-refractivity contribution is 0.102. The average Bonchev–Trinajstić information content (AvgIpc) is 3.19. The molecule has 5 aromatic carbocycles. The zero-order valence-electron chi connectivity index (χ0n) is 32.4. The van der Waals surface area contributed by atoms with Gasteiger partial charge in [0, 0.05) is 28.7 Å². The lowest BCUT2D eigenvalue weighted by atomic mass is 10.1. The topological polar surface area (TPSA) is 424 Å². The molecule has 1 amide bonds. The molecule has 26 nitrogen and oxygen atoms in total. The Morgan fingerprint density at radius 3 is 1.91 bits per heavy atom. The van der Waals surface area contributed by atoms with Crippen LogP contribution in [-0.2, 0) is 54.8 Å². The highest BCUT2D eigenvalue weighted by molar-refractivity contribution is 7.91.